The first-order valence-corrected chi connectivity index (χ1v) is 13.6. The van der Waals surface area contributed by atoms with Crippen LogP contribution in [0.25, 0.3) is 0 Å². The van der Waals surface area contributed by atoms with Gasteiger partial charge in [0.2, 0.25) is 14.2 Å². The summed E-state index contributed by atoms with van der Waals surface area (Å²) in [6, 6.07) is 0. The second-order valence-corrected chi connectivity index (χ2v) is 13.9. The maximum atomic E-state index is 12.0. The average Bonchev–Trinajstić information content (AvgIpc) is 3.18. The summed E-state index contributed by atoms with van der Waals surface area (Å²) in [7, 11) is -3.25. The normalized spacial score (nSPS) is 46.2. The fraction of sp³-hybridized carbons (Fsp3) is 0.783. The molecule has 1 heterocycles. The number of terminal acetylenes is 1. The Balaban J connectivity index is 1.49. The molecule has 0 amide bonds. The summed E-state index contributed by atoms with van der Waals surface area (Å²) >= 11 is 1.39. The lowest BCUT2D eigenvalue weighted by molar-refractivity contribution is -0.127. The Hall–Kier alpha value is -0.900. The zero-order valence-corrected chi connectivity index (χ0v) is 19.2. The molecule has 0 spiro atoms. The van der Waals surface area contributed by atoms with E-state index < -0.39 is 15.4 Å². The number of thiazole rings is 1. The molecule has 0 saturated heterocycles. The zero-order valence-electron chi connectivity index (χ0n) is 17.6. The van der Waals surface area contributed by atoms with Crippen molar-refractivity contribution in [3.8, 4) is 12.3 Å². The number of sulfone groups is 1. The van der Waals surface area contributed by atoms with Crippen molar-refractivity contribution in [1.82, 2.24) is 4.98 Å². The number of fused-ring (bicyclic) bond motifs is 6. The monoisotopic (exact) mass is 433 g/mol. The summed E-state index contributed by atoms with van der Waals surface area (Å²) in [5.41, 5.74) is 0.0943. The Morgan fingerprint density at radius 2 is 1.90 bits per heavy atom. The highest BCUT2D eigenvalue weighted by Gasteiger charge is 2.64. The summed E-state index contributed by atoms with van der Waals surface area (Å²) in [5.74, 6) is 5.06. The van der Waals surface area contributed by atoms with Gasteiger partial charge in [-0.1, -0.05) is 19.8 Å². The fourth-order valence-corrected chi connectivity index (χ4v) is 9.97. The van der Waals surface area contributed by atoms with Crippen LogP contribution in [0.3, 0.4) is 0 Å². The standard InChI is InChI=1S/C23H31NO3S2/c1-5-23(25)11-9-17-15-7-6-14-12-18-19(28-20(24-18)29(4,26)27)13-21(14,2)16(15)8-10-22(17,23)3/h1,14-17,25H,6-13H2,2-4H3/t14-,15+,16-,17-,21-,22-,23-/m0/s1. The van der Waals surface area contributed by atoms with Crippen molar-refractivity contribution in [2.45, 2.75) is 75.2 Å². The molecule has 7 atom stereocenters. The molecule has 4 aliphatic rings. The molecule has 0 aliphatic heterocycles. The summed E-state index contributed by atoms with van der Waals surface area (Å²) in [6.07, 6.45) is 15.2. The fourth-order valence-electron chi connectivity index (χ4n) is 7.79. The van der Waals surface area contributed by atoms with Crippen molar-refractivity contribution < 1.29 is 13.5 Å². The van der Waals surface area contributed by atoms with Crippen LogP contribution in [0.15, 0.2) is 4.34 Å². The minimum absolute atomic E-state index is 0.167. The van der Waals surface area contributed by atoms with E-state index in [0.717, 1.165) is 44.2 Å². The van der Waals surface area contributed by atoms with Crippen molar-refractivity contribution in [1.29, 1.82) is 0 Å². The van der Waals surface area contributed by atoms with Crippen LogP contribution < -0.4 is 0 Å². The van der Waals surface area contributed by atoms with E-state index in [-0.39, 0.29) is 15.2 Å². The van der Waals surface area contributed by atoms with Gasteiger partial charge in [-0.15, -0.1) is 17.8 Å². The van der Waals surface area contributed by atoms with E-state index in [1.807, 2.05) is 0 Å². The van der Waals surface area contributed by atoms with Crippen LogP contribution >= 0.6 is 11.3 Å². The number of aliphatic hydroxyl groups is 1. The first-order chi connectivity index (χ1) is 13.5. The van der Waals surface area contributed by atoms with Gasteiger partial charge in [0.15, 0.2) is 0 Å². The largest absolute Gasteiger partial charge is 0.377 e. The van der Waals surface area contributed by atoms with E-state index >= 15 is 0 Å². The Morgan fingerprint density at radius 1 is 1.17 bits per heavy atom. The third-order valence-corrected chi connectivity index (χ3v) is 12.3. The molecular formula is C23H31NO3S2. The van der Waals surface area contributed by atoms with E-state index in [2.05, 4.69) is 24.8 Å². The van der Waals surface area contributed by atoms with Gasteiger partial charge in [0, 0.05) is 16.5 Å². The molecule has 29 heavy (non-hydrogen) atoms. The van der Waals surface area contributed by atoms with Gasteiger partial charge >= 0.3 is 0 Å². The highest BCUT2D eigenvalue weighted by molar-refractivity contribution is 7.92. The summed E-state index contributed by atoms with van der Waals surface area (Å²) in [5, 5.41) is 11.2. The molecule has 3 fully saturated rings. The molecule has 4 nitrogen and oxygen atoms in total. The van der Waals surface area contributed by atoms with Crippen LogP contribution in [0, 0.1) is 46.8 Å². The van der Waals surface area contributed by atoms with Crippen LogP contribution in [0.4, 0.5) is 0 Å². The zero-order chi connectivity index (χ0) is 20.8. The van der Waals surface area contributed by atoms with Gasteiger partial charge in [-0.05, 0) is 80.5 Å². The molecule has 3 saturated carbocycles. The number of hydrogen-bond acceptors (Lipinski definition) is 5. The molecule has 1 aromatic heterocycles. The van der Waals surface area contributed by atoms with Gasteiger partial charge in [-0.25, -0.2) is 13.4 Å². The quantitative estimate of drug-likeness (QED) is 0.683. The number of rotatable bonds is 1. The molecule has 158 valence electrons. The second-order valence-electron chi connectivity index (χ2n) is 10.7. The minimum atomic E-state index is -3.25. The van der Waals surface area contributed by atoms with E-state index in [0.29, 0.717) is 23.7 Å². The molecule has 6 heteroatoms. The lowest BCUT2D eigenvalue weighted by Crippen LogP contribution is -2.56. The molecule has 0 unspecified atom stereocenters. The Kier molecular flexibility index (Phi) is 4.20. The predicted octanol–water partition coefficient (Wildman–Crippen LogP) is 3.87. The van der Waals surface area contributed by atoms with E-state index in [4.69, 9.17) is 6.42 Å². The molecule has 0 radical (unpaired) electrons. The number of aromatic nitrogens is 1. The topological polar surface area (TPSA) is 67.3 Å². The maximum Gasteiger partial charge on any atom is 0.209 e. The summed E-state index contributed by atoms with van der Waals surface area (Å²) in [4.78, 5) is 5.70. The summed E-state index contributed by atoms with van der Waals surface area (Å²) < 4.78 is 24.3. The van der Waals surface area contributed by atoms with Crippen molar-refractivity contribution in [3.05, 3.63) is 10.6 Å². The van der Waals surface area contributed by atoms with Crippen LogP contribution in [0.1, 0.15) is 62.9 Å². The second kappa shape index (κ2) is 6.08. The third kappa shape index (κ3) is 2.60. The highest BCUT2D eigenvalue weighted by atomic mass is 32.2. The van der Waals surface area contributed by atoms with Crippen molar-refractivity contribution in [3.63, 3.8) is 0 Å². The van der Waals surface area contributed by atoms with Gasteiger partial charge in [0.1, 0.15) is 5.60 Å². The Morgan fingerprint density at radius 3 is 2.59 bits per heavy atom. The van der Waals surface area contributed by atoms with Crippen molar-refractivity contribution in [2.75, 3.05) is 6.26 Å². The van der Waals surface area contributed by atoms with Crippen molar-refractivity contribution >= 4 is 21.2 Å². The molecule has 5 rings (SSSR count). The molecule has 0 aromatic carbocycles. The van der Waals surface area contributed by atoms with Crippen LogP contribution in [0.2, 0.25) is 0 Å². The van der Waals surface area contributed by atoms with Gasteiger partial charge < -0.3 is 5.11 Å². The first-order valence-electron chi connectivity index (χ1n) is 10.9. The van der Waals surface area contributed by atoms with Crippen molar-refractivity contribution in [2.24, 2.45) is 34.5 Å². The van der Waals surface area contributed by atoms with Gasteiger partial charge in [0.25, 0.3) is 0 Å². The molecular weight excluding hydrogens is 402 g/mol. The molecule has 1 aromatic rings. The third-order valence-electron chi connectivity index (χ3n) is 9.51. The van der Waals surface area contributed by atoms with E-state index in [9.17, 15) is 13.5 Å². The lowest BCUT2D eigenvalue weighted by atomic mass is 9.45. The van der Waals surface area contributed by atoms with Crippen LogP contribution in [-0.2, 0) is 22.7 Å². The van der Waals surface area contributed by atoms with E-state index in [1.165, 1.54) is 35.3 Å². The Labute approximate surface area is 178 Å². The average molecular weight is 434 g/mol. The highest BCUT2D eigenvalue weighted by Crippen LogP contribution is 2.67. The van der Waals surface area contributed by atoms with Gasteiger partial charge in [-0.3, -0.25) is 0 Å². The molecule has 0 bridgehead atoms. The van der Waals surface area contributed by atoms with Crippen LogP contribution in [-0.4, -0.2) is 30.4 Å². The predicted molar refractivity (Wildman–Crippen MR) is 114 cm³/mol. The number of hydrogen-bond donors (Lipinski definition) is 1. The maximum absolute atomic E-state index is 12.0. The summed E-state index contributed by atoms with van der Waals surface area (Å²) in [6.45, 7) is 4.68. The lowest BCUT2D eigenvalue weighted by Gasteiger charge is -2.60. The Bertz CT molecular complexity index is 1010. The van der Waals surface area contributed by atoms with Crippen LogP contribution in [0.5, 0.6) is 0 Å². The van der Waals surface area contributed by atoms with Gasteiger partial charge in [0.05, 0.1) is 5.69 Å². The SMILES string of the molecule is C#C[C@]1(O)CC[C@H]2[C@@H]3CC[C@H]4Cc5nc(S(C)(=O)=O)sc5C[C@]4(C)[C@H]3CC[C@@]21C. The smallest absolute Gasteiger partial charge is 0.209 e. The molecule has 4 aliphatic carbocycles. The van der Waals surface area contributed by atoms with E-state index in [1.54, 1.807) is 0 Å². The van der Waals surface area contributed by atoms with Gasteiger partial charge in [-0.2, -0.15) is 0 Å². The number of nitrogens with zero attached hydrogens (tertiary/aromatic N) is 1. The minimum Gasteiger partial charge on any atom is -0.377 e. The first kappa shape index (κ1) is 20.0. The molecule has 1 N–H and O–H groups in total.